The summed E-state index contributed by atoms with van der Waals surface area (Å²) in [6.07, 6.45) is 0.632. The summed E-state index contributed by atoms with van der Waals surface area (Å²) >= 11 is 0. The maximum absolute atomic E-state index is 10.1. The minimum Gasteiger partial charge on any atom is -0.473 e. The molecule has 6 nitrogen and oxygen atoms in total. The molecule has 136 valence electrons. The van der Waals surface area contributed by atoms with Gasteiger partial charge in [0.05, 0.1) is 6.10 Å². The number of aliphatic hydroxyl groups excluding tert-OH is 1. The zero-order valence-corrected chi connectivity index (χ0v) is 15.0. The number of rotatable bonds is 5. The highest BCUT2D eigenvalue weighted by Crippen LogP contribution is 2.27. The van der Waals surface area contributed by atoms with E-state index in [1.807, 2.05) is 30.3 Å². The van der Waals surface area contributed by atoms with Gasteiger partial charge in [0.25, 0.3) is 0 Å². The van der Waals surface area contributed by atoms with Crippen molar-refractivity contribution >= 4 is 11.9 Å². The maximum Gasteiger partial charge on any atom is 0.414 e. The Kier molecular flexibility index (Phi) is 8.64. The summed E-state index contributed by atoms with van der Waals surface area (Å²) in [5.74, 6) is -3.65. The number of carboxylic acids is 2. The fourth-order valence-corrected chi connectivity index (χ4v) is 2.55. The van der Waals surface area contributed by atoms with Gasteiger partial charge < -0.3 is 20.6 Å². The molecule has 0 fully saturated rings. The van der Waals surface area contributed by atoms with Crippen molar-refractivity contribution in [2.75, 3.05) is 6.54 Å². The molecule has 1 atom stereocenters. The van der Waals surface area contributed by atoms with Crippen LogP contribution in [0.1, 0.15) is 52.7 Å². The Balaban J connectivity index is 0.000000754. The van der Waals surface area contributed by atoms with Crippen LogP contribution in [-0.2, 0) is 9.59 Å². The van der Waals surface area contributed by atoms with Crippen molar-refractivity contribution in [3.8, 4) is 0 Å². The van der Waals surface area contributed by atoms with Crippen LogP contribution in [0.4, 0.5) is 0 Å². The van der Waals surface area contributed by atoms with E-state index < -0.39 is 18.0 Å². The van der Waals surface area contributed by atoms with Crippen LogP contribution in [0.15, 0.2) is 30.3 Å². The highest BCUT2D eigenvalue weighted by atomic mass is 16.4. The molecule has 1 rings (SSSR count). The van der Waals surface area contributed by atoms with E-state index in [2.05, 4.69) is 39.9 Å². The third kappa shape index (κ3) is 10.7. The van der Waals surface area contributed by atoms with Crippen molar-refractivity contribution in [3.05, 3.63) is 35.9 Å². The number of β-amino-alcohol motifs (C(OH)–C–C–N with tert-alkyl or cyclic N) is 1. The smallest absolute Gasteiger partial charge is 0.414 e. The fourth-order valence-electron chi connectivity index (χ4n) is 2.55. The zero-order chi connectivity index (χ0) is 19.0. The third-order valence-corrected chi connectivity index (χ3v) is 3.11. The third-order valence-electron chi connectivity index (χ3n) is 3.11. The largest absolute Gasteiger partial charge is 0.473 e. The van der Waals surface area contributed by atoms with Gasteiger partial charge in [-0.3, -0.25) is 0 Å². The predicted octanol–water partition coefficient (Wildman–Crippen LogP) is 2.68. The molecule has 0 aliphatic heterocycles. The molecule has 6 heteroatoms. The van der Waals surface area contributed by atoms with Gasteiger partial charge in [0.1, 0.15) is 0 Å². The summed E-state index contributed by atoms with van der Waals surface area (Å²) in [5, 5.41) is 28.4. The zero-order valence-electron chi connectivity index (χ0n) is 15.0. The number of aliphatic carboxylic acids is 2. The first-order valence-electron chi connectivity index (χ1n) is 7.78. The van der Waals surface area contributed by atoms with Gasteiger partial charge in [-0.1, -0.05) is 51.1 Å². The number of nitrogens with one attached hydrogen (secondary N) is 1. The van der Waals surface area contributed by atoms with E-state index in [0.717, 1.165) is 12.0 Å². The van der Waals surface area contributed by atoms with Crippen LogP contribution in [0.25, 0.3) is 0 Å². The Morgan fingerprint density at radius 1 is 1.00 bits per heavy atom. The summed E-state index contributed by atoms with van der Waals surface area (Å²) < 4.78 is 0. The van der Waals surface area contributed by atoms with Gasteiger partial charge in [-0.2, -0.15) is 0 Å². The van der Waals surface area contributed by atoms with Crippen LogP contribution in [-0.4, -0.2) is 39.3 Å². The molecule has 0 saturated carbocycles. The van der Waals surface area contributed by atoms with Gasteiger partial charge in [0, 0.05) is 12.1 Å². The standard InChI is InChI=1S/C16H27NO.C2H2O4/c1-15(2,3)12-16(4,5)17-11-14(18)13-9-7-6-8-10-13;3-1(4)2(5)6/h6-10,14,17-18H,11-12H2,1-5H3;(H,3,4)(H,5,6). The van der Waals surface area contributed by atoms with Crippen LogP contribution in [0.3, 0.4) is 0 Å². The van der Waals surface area contributed by atoms with Crippen LogP contribution in [0, 0.1) is 5.41 Å². The van der Waals surface area contributed by atoms with Crippen LogP contribution in [0.5, 0.6) is 0 Å². The van der Waals surface area contributed by atoms with Crippen molar-refractivity contribution in [2.24, 2.45) is 5.41 Å². The van der Waals surface area contributed by atoms with E-state index in [1.54, 1.807) is 0 Å². The monoisotopic (exact) mass is 339 g/mol. The SMILES string of the molecule is CC(C)(C)CC(C)(C)NCC(O)c1ccccc1.O=C(O)C(=O)O. The molecule has 0 heterocycles. The van der Waals surface area contributed by atoms with E-state index in [0.29, 0.717) is 6.54 Å². The van der Waals surface area contributed by atoms with Gasteiger partial charge in [-0.15, -0.1) is 0 Å². The minimum atomic E-state index is -1.82. The molecular weight excluding hydrogens is 310 g/mol. The number of aliphatic hydroxyl groups is 1. The van der Waals surface area contributed by atoms with Crippen LogP contribution >= 0.6 is 0 Å². The number of hydrogen-bond acceptors (Lipinski definition) is 4. The number of benzene rings is 1. The number of carbonyl (C=O) groups is 2. The normalized spacial score (nSPS) is 12.8. The second kappa shape index (κ2) is 9.39. The van der Waals surface area contributed by atoms with Gasteiger partial charge in [0.15, 0.2) is 0 Å². The molecular formula is C18H29NO5. The molecule has 1 aromatic carbocycles. The van der Waals surface area contributed by atoms with E-state index in [9.17, 15) is 5.11 Å². The fraction of sp³-hybridized carbons (Fsp3) is 0.556. The average Bonchev–Trinajstić information content (AvgIpc) is 2.44. The average molecular weight is 339 g/mol. The molecule has 0 aromatic heterocycles. The topological polar surface area (TPSA) is 107 Å². The summed E-state index contributed by atoms with van der Waals surface area (Å²) in [4.78, 5) is 18.2. The summed E-state index contributed by atoms with van der Waals surface area (Å²) in [5.41, 5.74) is 1.29. The molecule has 0 bridgehead atoms. The lowest BCUT2D eigenvalue weighted by Gasteiger charge is -2.34. The Morgan fingerprint density at radius 3 is 1.83 bits per heavy atom. The van der Waals surface area contributed by atoms with E-state index in [4.69, 9.17) is 19.8 Å². The van der Waals surface area contributed by atoms with Crippen LogP contribution in [0.2, 0.25) is 0 Å². The molecule has 0 amide bonds. The number of carboxylic acid groups (broad SMARTS) is 2. The van der Waals surface area contributed by atoms with Crippen molar-refractivity contribution in [2.45, 2.75) is 52.7 Å². The lowest BCUT2D eigenvalue weighted by atomic mass is 9.81. The minimum absolute atomic E-state index is 0.0357. The molecule has 1 unspecified atom stereocenters. The first kappa shape index (κ1) is 22.1. The number of hydrogen-bond donors (Lipinski definition) is 4. The van der Waals surface area contributed by atoms with E-state index >= 15 is 0 Å². The first-order chi connectivity index (χ1) is 10.8. The van der Waals surface area contributed by atoms with Crippen molar-refractivity contribution < 1.29 is 24.9 Å². The second-order valence-electron chi connectivity index (χ2n) is 7.54. The summed E-state index contributed by atoms with van der Waals surface area (Å²) in [6, 6.07) is 9.80. The first-order valence-corrected chi connectivity index (χ1v) is 7.78. The molecule has 0 radical (unpaired) electrons. The molecule has 0 aliphatic rings. The van der Waals surface area contributed by atoms with Gasteiger partial charge in [0.2, 0.25) is 0 Å². The molecule has 0 spiro atoms. The van der Waals surface area contributed by atoms with Gasteiger partial charge in [-0.05, 0) is 31.2 Å². The Bertz CT molecular complexity index is 508. The summed E-state index contributed by atoms with van der Waals surface area (Å²) in [7, 11) is 0. The predicted molar refractivity (Wildman–Crippen MR) is 92.8 cm³/mol. The second-order valence-corrected chi connectivity index (χ2v) is 7.54. The molecule has 4 N–H and O–H groups in total. The van der Waals surface area contributed by atoms with Crippen LogP contribution < -0.4 is 5.32 Å². The molecule has 0 saturated heterocycles. The molecule has 1 aromatic rings. The highest BCUT2D eigenvalue weighted by molar-refractivity contribution is 6.27. The van der Waals surface area contributed by atoms with E-state index in [1.165, 1.54) is 0 Å². The lowest BCUT2D eigenvalue weighted by molar-refractivity contribution is -0.159. The van der Waals surface area contributed by atoms with Crippen molar-refractivity contribution in [1.29, 1.82) is 0 Å². The Hall–Kier alpha value is -1.92. The van der Waals surface area contributed by atoms with Crippen molar-refractivity contribution in [1.82, 2.24) is 5.32 Å². The van der Waals surface area contributed by atoms with E-state index in [-0.39, 0.29) is 11.0 Å². The quantitative estimate of drug-likeness (QED) is 0.615. The van der Waals surface area contributed by atoms with Crippen molar-refractivity contribution in [3.63, 3.8) is 0 Å². The Labute approximate surface area is 143 Å². The van der Waals surface area contributed by atoms with Gasteiger partial charge in [-0.25, -0.2) is 9.59 Å². The molecule has 24 heavy (non-hydrogen) atoms. The maximum atomic E-state index is 10.1. The molecule has 0 aliphatic carbocycles. The highest BCUT2D eigenvalue weighted by Gasteiger charge is 2.25. The van der Waals surface area contributed by atoms with Gasteiger partial charge >= 0.3 is 11.9 Å². The summed E-state index contributed by atoms with van der Waals surface area (Å²) in [6.45, 7) is 11.7. The Morgan fingerprint density at radius 2 is 1.46 bits per heavy atom. The lowest BCUT2D eigenvalue weighted by Crippen LogP contribution is -2.44.